The highest BCUT2D eigenvalue weighted by molar-refractivity contribution is 7.91. The van der Waals surface area contributed by atoms with Crippen LogP contribution in [0.1, 0.15) is 36.6 Å². The van der Waals surface area contributed by atoms with E-state index in [4.69, 9.17) is 11.6 Å². The van der Waals surface area contributed by atoms with Crippen molar-refractivity contribution in [2.24, 2.45) is 5.10 Å². The third kappa shape index (κ3) is 4.18. The second-order valence-corrected chi connectivity index (χ2v) is 8.82. The maximum Gasteiger partial charge on any atom is 0.329 e. The zero-order valence-corrected chi connectivity index (χ0v) is 15.1. The van der Waals surface area contributed by atoms with Crippen LogP contribution in [0.5, 0.6) is 0 Å². The van der Waals surface area contributed by atoms with E-state index in [0.717, 1.165) is 12.8 Å². The molecule has 11 heteroatoms. The monoisotopic (exact) mass is 387 g/mol. The van der Waals surface area contributed by atoms with Crippen LogP contribution in [0, 0.1) is 6.92 Å². The molecular weight excluding hydrogens is 370 g/mol. The zero-order chi connectivity index (χ0) is 18.2. The highest BCUT2D eigenvalue weighted by Gasteiger charge is 2.32. The smallest absolute Gasteiger partial charge is 0.329 e. The van der Waals surface area contributed by atoms with Gasteiger partial charge in [0.2, 0.25) is 0 Å². The molecule has 2 amide bonds. The van der Waals surface area contributed by atoms with E-state index in [1.807, 2.05) is 0 Å². The Morgan fingerprint density at radius 2 is 2.04 bits per heavy atom. The molecule has 25 heavy (non-hydrogen) atoms. The first-order valence-electron chi connectivity index (χ1n) is 7.86. The van der Waals surface area contributed by atoms with Crippen LogP contribution in [0.15, 0.2) is 5.10 Å². The number of amides is 2. The number of hydrogen-bond donors (Lipinski definition) is 2. The fourth-order valence-corrected chi connectivity index (χ4v) is 4.63. The number of carbonyl (C=O) groups is 2. The summed E-state index contributed by atoms with van der Waals surface area (Å²) in [6.07, 6.45) is 3.52. The van der Waals surface area contributed by atoms with E-state index in [2.05, 4.69) is 20.9 Å². The van der Waals surface area contributed by atoms with E-state index in [9.17, 15) is 18.0 Å². The average Bonchev–Trinajstić information content (AvgIpc) is 3.22. The van der Waals surface area contributed by atoms with E-state index in [0.29, 0.717) is 17.7 Å². The third-order valence-electron chi connectivity index (χ3n) is 4.10. The Hall–Kier alpha value is -1.94. The lowest BCUT2D eigenvalue weighted by Gasteiger charge is -2.09. The van der Waals surface area contributed by atoms with Gasteiger partial charge in [-0.2, -0.15) is 10.2 Å². The molecule has 1 aliphatic heterocycles. The molecule has 1 saturated heterocycles. The topological polar surface area (TPSA) is 123 Å². The zero-order valence-electron chi connectivity index (χ0n) is 13.5. The van der Waals surface area contributed by atoms with Gasteiger partial charge in [-0.05, 0) is 26.2 Å². The summed E-state index contributed by atoms with van der Waals surface area (Å²) in [5.74, 6) is -1.47. The highest BCUT2D eigenvalue weighted by atomic mass is 35.5. The molecule has 0 spiro atoms. The second kappa shape index (κ2) is 6.75. The van der Waals surface area contributed by atoms with Gasteiger partial charge < -0.3 is 5.32 Å². The van der Waals surface area contributed by atoms with Crippen molar-refractivity contribution in [2.45, 2.75) is 38.3 Å². The Morgan fingerprint density at radius 1 is 1.32 bits per heavy atom. The maximum atomic E-state index is 11.6. The van der Waals surface area contributed by atoms with Crippen molar-refractivity contribution in [1.29, 1.82) is 0 Å². The summed E-state index contributed by atoms with van der Waals surface area (Å²) in [4.78, 5) is 23.1. The number of hydrazone groups is 1. The fraction of sp³-hybridized carbons (Fsp3) is 0.571. The van der Waals surface area contributed by atoms with Gasteiger partial charge in [0.1, 0.15) is 5.15 Å². The van der Waals surface area contributed by atoms with Crippen molar-refractivity contribution in [3.63, 3.8) is 0 Å². The Morgan fingerprint density at radius 3 is 2.64 bits per heavy atom. The maximum absolute atomic E-state index is 11.6. The molecule has 1 saturated carbocycles. The minimum Gasteiger partial charge on any atom is -0.345 e. The molecular formula is C14H18ClN5O4S. The summed E-state index contributed by atoms with van der Waals surface area (Å²) >= 11 is 6.28. The molecule has 0 aromatic carbocycles. The number of nitrogens with one attached hydrogen (secondary N) is 2. The largest absolute Gasteiger partial charge is 0.345 e. The quantitative estimate of drug-likeness (QED) is 0.425. The van der Waals surface area contributed by atoms with Crippen molar-refractivity contribution in [3.05, 3.63) is 16.4 Å². The number of sulfone groups is 1. The minimum absolute atomic E-state index is 0.00248. The summed E-state index contributed by atoms with van der Waals surface area (Å²) in [5, 5.41) is 10.8. The van der Waals surface area contributed by atoms with Gasteiger partial charge in [0.25, 0.3) is 0 Å². The predicted octanol–water partition coefficient (Wildman–Crippen LogP) is -0.0668. The Bertz CT molecular complexity index is 844. The Kier molecular flexibility index (Phi) is 4.83. The third-order valence-corrected chi connectivity index (χ3v) is 6.23. The minimum atomic E-state index is -3.06. The molecule has 1 atom stereocenters. The number of carbonyl (C=O) groups excluding carboxylic acids is 2. The molecule has 2 heterocycles. The molecule has 9 nitrogen and oxygen atoms in total. The fourth-order valence-electron chi connectivity index (χ4n) is 2.57. The van der Waals surface area contributed by atoms with Crippen LogP contribution in [-0.4, -0.2) is 53.8 Å². The van der Waals surface area contributed by atoms with Crippen molar-refractivity contribution >= 4 is 39.5 Å². The van der Waals surface area contributed by atoms with Crippen LogP contribution in [0.4, 0.5) is 0 Å². The summed E-state index contributed by atoms with van der Waals surface area (Å²) < 4.78 is 24.7. The number of halogens is 1. The lowest BCUT2D eigenvalue weighted by atomic mass is 10.2. The van der Waals surface area contributed by atoms with Crippen molar-refractivity contribution < 1.29 is 18.0 Å². The molecule has 1 aliphatic carbocycles. The van der Waals surface area contributed by atoms with Gasteiger partial charge in [-0.3, -0.25) is 9.59 Å². The van der Waals surface area contributed by atoms with E-state index in [-0.39, 0.29) is 28.7 Å². The number of aryl methyl sites for hydroxylation is 1. The number of rotatable bonds is 4. The van der Waals surface area contributed by atoms with Gasteiger partial charge in [0.05, 0.1) is 35.0 Å². The molecule has 2 N–H and O–H groups in total. The standard InChI is InChI=1S/C14H18ClN5O4S/c1-8-11(6-16-18-14(22)13(21)17-9-2-3-9)12(15)20(19-8)10-4-5-25(23,24)7-10/h6,9-10H,2-5,7H2,1H3,(H,17,21)(H,18,22)/b16-6-/t10-/m1/s1. The first kappa shape index (κ1) is 17.9. The van der Waals surface area contributed by atoms with Crippen LogP contribution in [0.2, 0.25) is 5.15 Å². The lowest BCUT2D eigenvalue weighted by Crippen LogP contribution is -2.38. The first-order chi connectivity index (χ1) is 11.8. The van der Waals surface area contributed by atoms with Gasteiger partial charge >= 0.3 is 11.8 Å². The highest BCUT2D eigenvalue weighted by Crippen LogP contribution is 2.29. The molecule has 1 aromatic rings. The van der Waals surface area contributed by atoms with Crippen LogP contribution < -0.4 is 10.7 Å². The van der Waals surface area contributed by atoms with E-state index >= 15 is 0 Å². The second-order valence-electron chi connectivity index (χ2n) is 6.24. The molecule has 0 unspecified atom stereocenters. The predicted molar refractivity (Wildman–Crippen MR) is 91.2 cm³/mol. The molecule has 1 aromatic heterocycles. The van der Waals surface area contributed by atoms with Crippen molar-refractivity contribution in [2.75, 3.05) is 11.5 Å². The number of aromatic nitrogens is 2. The summed E-state index contributed by atoms with van der Waals surface area (Å²) in [5.41, 5.74) is 3.15. The lowest BCUT2D eigenvalue weighted by molar-refractivity contribution is -0.139. The summed E-state index contributed by atoms with van der Waals surface area (Å²) in [6, 6.07) is -0.225. The van der Waals surface area contributed by atoms with Crippen LogP contribution in [0.3, 0.4) is 0 Å². The average molecular weight is 388 g/mol. The normalized spacial score (nSPS) is 22.2. The van der Waals surface area contributed by atoms with Gasteiger partial charge in [-0.15, -0.1) is 0 Å². The van der Waals surface area contributed by atoms with Crippen molar-refractivity contribution in [3.8, 4) is 0 Å². The van der Waals surface area contributed by atoms with Gasteiger partial charge in [0.15, 0.2) is 9.84 Å². The van der Waals surface area contributed by atoms with Crippen LogP contribution in [-0.2, 0) is 19.4 Å². The number of nitrogens with zero attached hydrogens (tertiary/aromatic N) is 3. The molecule has 0 radical (unpaired) electrons. The molecule has 3 rings (SSSR count). The van der Waals surface area contributed by atoms with Crippen LogP contribution >= 0.6 is 11.6 Å². The van der Waals surface area contributed by atoms with Gasteiger partial charge in [-0.1, -0.05) is 11.6 Å². The molecule has 136 valence electrons. The van der Waals surface area contributed by atoms with E-state index < -0.39 is 21.7 Å². The van der Waals surface area contributed by atoms with Gasteiger partial charge in [-0.25, -0.2) is 18.5 Å². The van der Waals surface area contributed by atoms with Crippen LogP contribution in [0.25, 0.3) is 0 Å². The van der Waals surface area contributed by atoms with Crippen molar-refractivity contribution in [1.82, 2.24) is 20.5 Å². The number of hydrogen-bond acceptors (Lipinski definition) is 6. The van der Waals surface area contributed by atoms with E-state index in [1.165, 1.54) is 10.9 Å². The van der Waals surface area contributed by atoms with E-state index in [1.54, 1.807) is 6.92 Å². The summed E-state index contributed by atoms with van der Waals surface area (Å²) in [7, 11) is -3.06. The first-order valence-corrected chi connectivity index (χ1v) is 10.1. The summed E-state index contributed by atoms with van der Waals surface area (Å²) in [6.45, 7) is 1.70. The Labute approximate surface area is 149 Å². The SMILES string of the molecule is Cc1nn([C@@H]2CCS(=O)(=O)C2)c(Cl)c1/C=N\NC(=O)C(=O)NC1CC1. The molecule has 0 bridgehead atoms. The van der Waals surface area contributed by atoms with Gasteiger partial charge in [0, 0.05) is 6.04 Å². The Balaban J connectivity index is 1.66. The molecule has 2 aliphatic rings. The molecule has 2 fully saturated rings.